The Balaban J connectivity index is 2.41. The zero-order valence-electron chi connectivity index (χ0n) is 11.2. The average Bonchev–Trinajstić information content (AvgIpc) is 2.27. The molecule has 0 aliphatic carbocycles. The number of hydrogen-bond donors (Lipinski definition) is 2. The number of benzene rings is 1. The Labute approximate surface area is 113 Å². The molecule has 1 aliphatic heterocycles. The van der Waals surface area contributed by atoms with E-state index in [0.29, 0.717) is 23.7 Å². The highest BCUT2D eigenvalue weighted by Gasteiger charge is 2.29. The molecule has 0 bridgehead atoms. The number of fused-ring (bicyclic) bond motifs is 1. The van der Waals surface area contributed by atoms with Crippen molar-refractivity contribution >= 4 is 27.1 Å². The van der Waals surface area contributed by atoms with Crippen LogP contribution in [0, 0.1) is 5.92 Å². The molecule has 1 aliphatic rings. The monoisotopic (exact) mass is 282 g/mol. The third kappa shape index (κ3) is 2.89. The maximum Gasteiger partial charge on any atom is 0.246 e. The minimum Gasteiger partial charge on any atom is -0.372 e. The Morgan fingerprint density at radius 2 is 2.00 bits per heavy atom. The molecule has 0 fully saturated rings. The van der Waals surface area contributed by atoms with Crippen molar-refractivity contribution in [1.82, 2.24) is 0 Å². The highest BCUT2D eigenvalue weighted by Crippen LogP contribution is 2.34. The number of carbonyl (C=O) groups is 1. The van der Waals surface area contributed by atoms with Gasteiger partial charge in [-0.1, -0.05) is 19.9 Å². The van der Waals surface area contributed by atoms with Crippen molar-refractivity contribution in [1.29, 1.82) is 0 Å². The van der Waals surface area contributed by atoms with Crippen molar-refractivity contribution in [3.05, 3.63) is 18.2 Å². The zero-order chi connectivity index (χ0) is 14.2. The highest BCUT2D eigenvalue weighted by molar-refractivity contribution is 7.90. The number of anilines is 2. The number of sulfone groups is 1. The van der Waals surface area contributed by atoms with E-state index in [1.807, 2.05) is 13.8 Å². The standard InChI is InChI=1S/C13H18N2O3S/c1-8(2)7-10-13(16)15-12-9(14-10)5-4-6-11(12)19(3,17)18/h4-6,8,10,14H,7H2,1-3H3,(H,15,16). The fraction of sp³-hybridized carbons (Fsp3) is 0.462. The maximum atomic E-state index is 12.0. The molecule has 1 aromatic rings. The van der Waals surface area contributed by atoms with Gasteiger partial charge in [-0.25, -0.2) is 8.42 Å². The summed E-state index contributed by atoms with van der Waals surface area (Å²) >= 11 is 0. The van der Waals surface area contributed by atoms with Gasteiger partial charge in [0.25, 0.3) is 0 Å². The van der Waals surface area contributed by atoms with E-state index >= 15 is 0 Å². The van der Waals surface area contributed by atoms with Gasteiger partial charge in [0.2, 0.25) is 5.91 Å². The molecule has 1 unspecified atom stereocenters. The molecule has 2 N–H and O–H groups in total. The second-order valence-corrected chi connectivity index (χ2v) is 7.25. The van der Waals surface area contributed by atoms with Gasteiger partial charge in [0.15, 0.2) is 9.84 Å². The molecule has 2 rings (SSSR count). The Bertz CT molecular complexity index is 608. The van der Waals surface area contributed by atoms with Crippen LogP contribution in [0.15, 0.2) is 23.1 Å². The van der Waals surface area contributed by atoms with E-state index in [9.17, 15) is 13.2 Å². The van der Waals surface area contributed by atoms with E-state index in [-0.39, 0.29) is 16.8 Å². The van der Waals surface area contributed by atoms with Gasteiger partial charge in [0, 0.05) is 6.26 Å². The quantitative estimate of drug-likeness (QED) is 0.887. The van der Waals surface area contributed by atoms with Gasteiger partial charge < -0.3 is 10.6 Å². The lowest BCUT2D eigenvalue weighted by molar-refractivity contribution is -0.117. The first-order valence-corrected chi connectivity index (χ1v) is 8.08. The molecule has 6 heteroatoms. The number of para-hydroxylation sites is 1. The molecule has 0 saturated carbocycles. The van der Waals surface area contributed by atoms with Crippen molar-refractivity contribution in [2.45, 2.75) is 31.2 Å². The minimum atomic E-state index is -3.36. The predicted molar refractivity (Wildman–Crippen MR) is 75.0 cm³/mol. The van der Waals surface area contributed by atoms with Crippen LogP contribution in [0.2, 0.25) is 0 Å². The molecule has 0 radical (unpaired) electrons. The van der Waals surface area contributed by atoms with Crippen LogP contribution in [-0.2, 0) is 14.6 Å². The van der Waals surface area contributed by atoms with E-state index in [2.05, 4.69) is 10.6 Å². The molecule has 5 nitrogen and oxygen atoms in total. The van der Waals surface area contributed by atoms with E-state index in [0.717, 1.165) is 6.26 Å². The molecular weight excluding hydrogens is 264 g/mol. The fourth-order valence-electron chi connectivity index (χ4n) is 2.19. The summed E-state index contributed by atoms with van der Waals surface area (Å²) in [5.41, 5.74) is 1.02. The normalized spacial score (nSPS) is 18.7. The average molecular weight is 282 g/mol. The summed E-state index contributed by atoms with van der Waals surface area (Å²) in [5, 5.41) is 5.82. The first kappa shape index (κ1) is 13.9. The van der Waals surface area contributed by atoms with Crippen molar-refractivity contribution in [3.63, 3.8) is 0 Å². The molecule has 1 atom stereocenters. The van der Waals surface area contributed by atoms with Crippen LogP contribution in [0.4, 0.5) is 11.4 Å². The highest BCUT2D eigenvalue weighted by atomic mass is 32.2. The van der Waals surface area contributed by atoms with Gasteiger partial charge in [-0.05, 0) is 24.5 Å². The van der Waals surface area contributed by atoms with Crippen molar-refractivity contribution < 1.29 is 13.2 Å². The number of hydrogen-bond acceptors (Lipinski definition) is 4. The smallest absolute Gasteiger partial charge is 0.246 e. The Morgan fingerprint density at radius 3 is 2.58 bits per heavy atom. The molecule has 0 spiro atoms. The minimum absolute atomic E-state index is 0.147. The summed E-state index contributed by atoms with van der Waals surface area (Å²) in [6.07, 6.45) is 1.84. The summed E-state index contributed by atoms with van der Waals surface area (Å²) in [4.78, 5) is 12.2. The maximum absolute atomic E-state index is 12.0. The fourth-order valence-corrected chi connectivity index (χ4v) is 3.05. The SMILES string of the molecule is CC(C)CC1Nc2cccc(S(C)(=O)=O)c2NC1=O. The lowest BCUT2D eigenvalue weighted by Gasteiger charge is -2.29. The summed E-state index contributed by atoms with van der Waals surface area (Å²) in [5.74, 6) is 0.195. The summed E-state index contributed by atoms with van der Waals surface area (Å²) in [6, 6.07) is 4.63. The first-order valence-electron chi connectivity index (χ1n) is 6.19. The molecule has 104 valence electrons. The van der Waals surface area contributed by atoms with Crippen molar-refractivity contribution in [2.24, 2.45) is 5.92 Å². The van der Waals surface area contributed by atoms with Gasteiger partial charge in [-0.3, -0.25) is 4.79 Å². The molecule has 19 heavy (non-hydrogen) atoms. The van der Waals surface area contributed by atoms with Gasteiger partial charge in [0.05, 0.1) is 16.3 Å². The van der Waals surface area contributed by atoms with Crippen LogP contribution in [-0.4, -0.2) is 26.6 Å². The lowest BCUT2D eigenvalue weighted by Crippen LogP contribution is -2.40. The van der Waals surface area contributed by atoms with Crippen LogP contribution in [0.5, 0.6) is 0 Å². The largest absolute Gasteiger partial charge is 0.372 e. The molecule has 1 heterocycles. The van der Waals surface area contributed by atoms with Gasteiger partial charge >= 0.3 is 0 Å². The van der Waals surface area contributed by atoms with E-state index in [1.54, 1.807) is 12.1 Å². The number of carbonyl (C=O) groups excluding carboxylic acids is 1. The molecule has 1 aromatic carbocycles. The van der Waals surface area contributed by atoms with E-state index < -0.39 is 9.84 Å². The Hall–Kier alpha value is -1.56. The summed E-state index contributed by atoms with van der Waals surface area (Å²) in [6.45, 7) is 4.08. The molecule has 0 aromatic heterocycles. The topological polar surface area (TPSA) is 75.3 Å². The third-order valence-electron chi connectivity index (χ3n) is 3.03. The van der Waals surface area contributed by atoms with Crippen LogP contribution < -0.4 is 10.6 Å². The zero-order valence-corrected chi connectivity index (χ0v) is 12.0. The number of rotatable bonds is 3. The van der Waals surface area contributed by atoms with Crippen LogP contribution in [0.25, 0.3) is 0 Å². The van der Waals surface area contributed by atoms with Crippen molar-refractivity contribution in [2.75, 3.05) is 16.9 Å². The molecular formula is C13H18N2O3S. The van der Waals surface area contributed by atoms with Gasteiger partial charge in [0.1, 0.15) is 6.04 Å². The van der Waals surface area contributed by atoms with Crippen LogP contribution in [0.1, 0.15) is 20.3 Å². The Kier molecular flexibility index (Phi) is 3.54. The van der Waals surface area contributed by atoms with Crippen molar-refractivity contribution in [3.8, 4) is 0 Å². The van der Waals surface area contributed by atoms with E-state index in [4.69, 9.17) is 0 Å². The van der Waals surface area contributed by atoms with Crippen LogP contribution in [0.3, 0.4) is 0 Å². The predicted octanol–water partition coefficient (Wildman–Crippen LogP) is 1.87. The summed E-state index contributed by atoms with van der Waals surface area (Å²) < 4.78 is 23.4. The molecule has 0 saturated heterocycles. The van der Waals surface area contributed by atoms with Crippen LogP contribution >= 0.6 is 0 Å². The lowest BCUT2D eigenvalue weighted by atomic mass is 10.0. The summed E-state index contributed by atoms with van der Waals surface area (Å²) in [7, 11) is -3.36. The number of nitrogens with one attached hydrogen (secondary N) is 2. The van der Waals surface area contributed by atoms with E-state index in [1.165, 1.54) is 6.07 Å². The van der Waals surface area contributed by atoms with Gasteiger partial charge in [-0.15, -0.1) is 0 Å². The third-order valence-corrected chi connectivity index (χ3v) is 4.17. The first-order chi connectivity index (χ1) is 8.79. The van der Waals surface area contributed by atoms with Gasteiger partial charge in [-0.2, -0.15) is 0 Å². The Morgan fingerprint density at radius 1 is 1.32 bits per heavy atom. The second-order valence-electron chi connectivity index (χ2n) is 5.27. The number of amides is 1. The molecule has 1 amide bonds. The second kappa shape index (κ2) is 4.85.